The van der Waals surface area contributed by atoms with Crippen molar-refractivity contribution in [3.8, 4) is 0 Å². The second-order valence-corrected chi connectivity index (χ2v) is 11.6. The van der Waals surface area contributed by atoms with Crippen LogP contribution in [0.1, 0.15) is 40.0 Å². The van der Waals surface area contributed by atoms with Crippen LogP contribution in [0, 0.1) is 22.7 Å². The molecule has 196 valence electrons. The van der Waals surface area contributed by atoms with E-state index in [0.717, 1.165) is 58.9 Å². The first-order valence-electron chi connectivity index (χ1n) is 13.0. The smallest absolute Gasteiger partial charge is 0.303 e. The van der Waals surface area contributed by atoms with Crippen LogP contribution in [0.3, 0.4) is 0 Å². The summed E-state index contributed by atoms with van der Waals surface area (Å²) in [6.45, 7) is 16.3. The minimum Gasteiger partial charge on any atom is -0.481 e. The van der Waals surface area contributed by atoms with Crippen LogP contribution in [-0.2, 0) is 9.59 Å². The summed E-state index contributed by atoms with van der Waals surface area (Å²) in [6, 6.07) is 0. The zero-order valence-electron chi connectivity index (χ0n) is 21.3. The number of rotatable bonds is 5. The third-order valence-electron chi connectivity index (χ3n) is 7.79. The molecule has 10 heteroatoms. The maximum absolute atomic E-state index is 12.8. The van der Waals surface area contributed by atoms with Crippen LogP contribution in [0.25, 0.3) is 0 Å². The van der Waals surface area contributed by atoms with Crippen LogP contribution in [0.2, 0.25) is 0 Å². The Hall–Kier alpha value is -1.30. The Morgan fingerprint density at radius 2 is 1.41 bits per heavy atom. The zero-order valence-corrected chi connectivity index (χ0v) is 21.3. The van der Waals surface area contributed by atoms with Crippen molar-refractivity contribution in [2.45, 2.75) is 45.7 Å². The highest BCUT2D eigenvalue weighted by Crippen LogP contribution is 2.29. The summed E-state index contributed by atoms with van der Waals surface area (Å²) < 4.78 is 0. The number of hydrogen-bond donors (Lipinski definition) is 8. The molecule has 0 aromatic heterocycles. The molecule has 0 aromatic rings. The Bertz CT molecular complexity index is 691. The van der Waals surface area contributed by atoms with Crippen molar-refractivity contribution < 1.29 is 14.7 Å². The first-order chi connectivity index (χ1) is 16.1. The molecule has 3 rings (SSSR count). The standard InChI is InChI=1S/C24H47N7O3/c1-18-7-25-11-22(2)12-27-9-19-10-30-24(16-26-8-18,31-20(32)5-4-6-21(33)34)17-29-15-23(19,3)14-28-13-22/h18-19,25-30H,4-17H2,1-3H3,(H,31,32)(H,33,34)/t18?,19?,22-,23?,24+/m1/s1. The topological polar surface area (TPSA) is 139 Å². The molecule has 1 amide bonds. The molecular formula is C24H47N7O3. The molecule has 3 saturated heterocycles. The minimum absolute atomic E-state index is 0.00683. The average molecular weight is 482 g/mol. The van der Waals surface area contributed by atoms with Gasteiger partial charge in [0.15, 0.2) is 0 Å². The van der Waals surface area contributed by atoms with Crippen LogP contribution < -0.4 is 37.2 Å². The minimum atomic E-state index is -0.869. The summed E-state index contributed by atoms with van der Waals surface area (Å²) in [5, 5.41) is 34.3. The van der Waals surface area contributed by atoms with E-state index in [4.69, 9.17) is 5.11 Å². The molecule has 8 N–H and O–H groups in total. The Labute approximate surface area is 204 Å². The van der Waals surface area contributed by atoms with Crippen LogP contribution in [-0.4, -0.2) is 94.6 Å². The average Bonchev–Trinajstić information content (AvgIpc) is 2.79. The number of carbonyl (C=O) groups is 2. The second-order valence-electron chi connectivity index (χ2n) is 11.6. The van der Waals surface area contributed by atoms with Gasteiger partial charge in [-0.3, -0.25) is 14.9 Å². The van der Waals surface area contributed by atoms with E-state index in [1.54, 1.807) is 0 Å². The zero-order chi connectivity index (χ0) is 24.7. The van der Waals surface area contributed by atoms with Crippen molar-refractivity contribution in [3.05, 3.63) is 0 Å². The van der Waals surface area contributed by atoms with E-state index in [-0.39, 0.29) is 29.6 Å². The van der Waals surface area contributed by atoms with E-state index >= 15 is 0 Å². The fourth-order valence-electron chi connectivity index (χ4n) is 5.46. The number of fused-ring (bicyclic) bond motifs is 5. The van der Waals surface area contributed by atoms with E-state index in [9.17, 15) is 9.59 Å². The van der Waals surface area contributed by atoms with Gasteiger partial charge in [-0.2, -0.15) is 0 Å². The lowest BCUT2D eigenvalue weighted by Crippen LogP contribution is -2.72. The van der Waals surface area contributed by atoms with Gasteiger partial charge in [0.05, 0.1) is 0 Å². The third-order valence-corrected chi connectivity index (χ3v) is 7.79. The molecular weight excluding hydrogens is 434 g/mol. The number of carbonyl (C=O) groups excluding carboxylic acids is 1. The van der Waals surface area contributed by atoms with Crippen molar-refractivity contribution in [2.24, 2.45) is 22.7 Å². The maximum Gasteiger partial charge on any atom is 0.303 e. The van der Waals surface area contributed by atoms with Crippen LogP contribution >= 0.6 is 0 Å². The van der Waals surface area contributed by atoms with Crippen molar-refractivity contribution in [1.29, 1.82) is 0 Å². The van der Waals surface area contributed by atoms with Crippen LogP contribution in [0.4, 0.5) is 0 Å². The van der Waals surface area contributed by atoms with Gasteiger partial charge in [-0.15, -0.1) is 0 Å². The normalized spacial score (nSPS) is 38.1. The van der Waals surface area contributed by atoms with Crippen molar-refractivity contribution in [2.75, 3.05) is 72.0 Å². The second kappa shape index (κ2) is 12.1. The molecule has 0 radical (unpaired) electrons. The van der Waals surface area contributed by atoms with Gasteiger partial charge >= 0.3 is 5.97 Å². The largest absolute Gasteiger partial charge is 0.481 e. The Kier molecular flexibility index (Phi) is 9.71. The molecule has 3 aliphatic rings. The van der Waals surface area contributed by atoms with E-state index in [0.29, 0.717) is 31.3 Å². The van der Waals surface area contributed by atoms with E-state index in [2.05, 4.69) is 58.0 Å². The van der Waals surface area contributed by atoms with Gasteiger partial charge in [0.2, 0.25) is 5.91 Å². The molecule has 0 aromatic carbocycles. The summed E-state index contributed by atoms with van der Waals surface area (Å²) >= 11 is 0. The highest BCUT2D eigenvalue weighted by molar-refractivity contribution is 5.77. The number of nitrogens with one attached hydrogen (secondary N) is 7. The number of hydrogen-bond acceptors (Lipinski definition) is 8. The van der Waals surface area contributed by atoms with E-state index in [1.807, 2.05) is 0 Å². The predicted molar refractivity (Wildman–Crippen MR) is 134 cm³/mol. The molecule has 3 heterocycles. The summed E-state index contributed by atoms with van der Waals surface area (Å²) in [5.74, 6) is -0.163. The molecule has 34 heavy (non-hydrogen) atoms. The molecule has 0 saturated carbocycles. The van der Waals surface area contributed by atoms with Crippen molar-refractivity contribution in [3.63, 3.8) is 0 Å². The van der Waals surface area contributed by atoms with Crippen molar-refractivity contribution >= 4 is 11.9 Å². The van der Waals surface area contributed by atoms with Gasteiger partial charge in [0.25, 0.3) is 0 Å². The number of amides is 1. The molecule has 3 bridgehead atoms. The quantitative estimate of drug-likeness (QED) is 0.246. The number of aliphatic carboxylic acids is 1. The molecule has 3 aliphatic heterocycles. The number of carboxylic acids is 1. The van der Waals surface area contributed by atoms with Gasteiger partial charge in [-0.25, -0.2) is 0 Å². The lowest BCUT2D eigenvalue weighted by atomic mass is 9.75. The highest BCUT2D eigenvalue weighted by Gasteiger charge is 2.41. The molecule has 10 nitrogen and oxygen atoms in total. The fourth-order valence-corrected chi connectivity index (χ4v) is 5.46. The Morgan fingerprint density at radius 3 is 2.12 bits per heavy atom. The molecule has 0 spiro atoms. The van der Waals surface area contributed by atoms with Gasteiger partial charge in [-0.05, 0) is 43.3 Å². The number of carboxylic acid groups (broad SMARTS) is 1. The third kappa shape index (κ3) is 7.86. The predicted octanol–water partition coefficient (Wildman–Crippen LogP) is -1.10. The highest BCUT2D eigenvalue weighted by atomic mass is 16.4. The molecule has 5 atom stereocenters. The Balaban J connectivity index is 1.79. The lowest BCUT2D eigenvalue weighted by molar-refractivity contribution is -0.137. The molecule has 3 unspecified atom stereocenters. The SMILES string of the molecule is CC1CNC[C@]2(C)CNCC3CN[C@](NC(=O)CCCC(=O)O)(CNC1)CNCC3(C)CNC2. The lowest BCUT2D eigenvalue weighted by Gasteiger charge is -2.46. The summed E-state index contributed by atoms with van der Waals surface area (Å²) in [4.78, 5) is 23.7. The molecule has 3 fully saturated rings. The first-order valence-corrected chi connectivity index (χ1v) is 13.0. The van der Waals surface area contributed by atoms with Crippen LogP contribution in [0.15, 0.2) is 0 Å². The Morgan fingerprint density at radius 1 is 0.824 bits per heavy atom. The summed E-state index contributed by atoms with van der Waals surface area (Å²) in [5.41, 5.74) is -0.428. The fraction of sp³-hybridized carbons (Fsp3) is 0.917. The van der Waals surface area contributed by atoms with Crippen molar-refractivity contribution in [1.82, 2.24) is 37.2 Å². The van der Waals surface area contributed by atoms with E-state index < -0.39 is 11.6 Å². The molecule has 0 aliphatic carbocycles. The summed E-state index contributed by atoms with van der Waals surface area (Å²) in [7, 11) is 0. The van der Waals surface area contributed by atoms with Crippen LogP contribution in [0.5, 0.6) is 0 Å². The summed E-state index contributed by atoms with van der Waals surface area (Å²) in [6.07, 6.45) is 0.560. The monoisotopic (exact) mass is 481 g/mol. The van der Waals surface area contributed by atoms with E-state index in [1.165, 1.54) is 0 Å². The van der Waals surface area contributed by atoms with Gasteiger partial charge in [0, 0.05) is 70.6 Å². The first kappa shape index (κ1) is 27.3. The van der Waals surface area contributed by atoms with Gasteiger partial charge in [0.1, 0.15) is 5.66 Å². The van der Waals surface area contributed by atoms with Gasteiger partial charge in [-0.1, -0.05) is 20.8 Å². The maximum atomic E-state index is 12.8. The van der Waals surface area contributed by atoms with Gasteiger partial charge < -0.3 is 37.0 Å².